The Morgan fingerprint density at radius 1 is 1.37 bits per heavy atom. The summed E-state index contributed by atoms with van der Waals surface area (Å²) in [5.41, 5.74) is 0.722. The summed E-state index contributed by atoms with van der Waals surface area (Å²) in [5.74, 6) is -1.06. The lowest BCUT2D eigenvalue weighted by molar-refractivity contribution is -0.133. The van der Waals surface area contributed by atoms with E-state index in [2.05, 4.69) is 15.5 Å². The quantitative estimate of drug-likeness (QED) is 0.784. The lowest BCUT2D eigenvalue weighted by Gasteiger charge is -2.02. The Bertz CT molecular complexity index is 559. The van der Waals surface area contributed by atoms with Gasteiger partial charge >= 0.3 is 5.97 Å². The van der Waals surface area contributed by atoms with Gasteiger partial charge in [0.2, 0.25) is 5.89 Å². The van der Waals surface area contributed by atoms with Gasteiger partial charge in [0.15, 0.2) is 0 Å². The molecule has 0 atom stereocenters. The Morgan fingerprint density at radius 2 is 2.11 bits per heavy atom. The fraction of sp³-hybridized carbons (Fsp3) is 0.182. The molecule has 0 fully saturated rings. The number of carbonyl (C=O) groups is 1. The normalized spacial score (nSPS) is 10.4. The molecule has 8 heteroatoms. The van der Waals surface area contributed by atoms with Crippen LogP contribution in [-0.4, -0.2) is 27.0 Å². The van der Waals surface area contributed by atoms with Gasteiger partial charge in [0, 0.05) is 5.69 Å². The molecule has 0 unspecified atom stereocenters. The van der Waals surface area contributed by atoms with Crippen LogP contribution in [0.4, 0.5) is 10.1 Å². The maximum absolute atomic E-state index is 12.7. The van der Waals surface area contributed by atoms with Crippen LogP contribution in [0.1, 0.15) is 5.89 Å². The average molecular weight is 283 g/mol. The molecule has 0 amide bonds. The smallest absolute Gasteiger partial charge is 0.314 e. The Labute approximate surface area is 112 Å². The minimum absolute atomic E-state index is 0.132. The molecule has 1 aromatic heterocycles. The number of rotatable bonds is 6. The van der Waals surface area contributed by atoms with Crippen molar-refractivity contribution in [3.05, 3.63) is 36.0 Å². The standard InChI is InChI=1S/C11H10FN3O3S/c12-7-1-3-8(4-2-7)13-5-9-14-15-11(18-9)19-6-10(16)17/h1-4,13H,5-6H2,(H,16,17). The molecule has 0 saturated carbocycles. The molecule has 0 spiro atoms. The summed E-state index contributed by atoms with van der Waals surface area (Å²) in [7, 11) is 0. The number of nitrogens with zero attached hydrogens (tertiary/aromatic N) is 2. The third kappa shape index (κ3) is 4.25. The number of benzene rings is 1. The van der Waals surface area contributed by atoms with Crippen LogP contribution in [0.3, 0.4) is 0 Å². The van der Waals surface area contributed by atoms with E-state index in [9.17, 15) is 9.18 Å². The average Bonchev–Trinajstić information content (AvgIpc) is 2.84. The highest BCUT2D eigenvalue weighted by Crippen LogP contribution is 2.16. The summed E-state index contributed by atoms with van der Waals surface area (Å²) >= 11 is 0.956. The lowest BCUT2D eigenvalue weighted by Crippen LogP contribution is -1.99. The molecule has 1 heterocycles. The van der Waals surface area contributed by atoms with E-state index in [1.165, 1.54) is 12.1 Å². The topological polar surface area (TPSA) is 88.2 Å². The zero-order valence-corrected chi connectivity index (χ0v) is 10.5. The third-order valence-electron chi connectivity index (χ3n) is 2.06. The van der Waals surface area contributed by atoms with Crippen LogP contribution in [0.2, 0.25) is 0 Å². The molecule has 6 nitrogen and oxygen atoms in total. The fourth-order valence-electron chi connectivity index (χ4n) is 1.24. The monoisotopic (exact) mass is 283 g/mol. The number of hydrogen-bond donors (Lipinski definition) is 2. The van der Waals surface area contributed by atoms with E-state index < -0.39 is 5.97 Å². The first-order valence-corrected chi connectivity index (χ1v) is 6.28. The summed E-state index contributed by atoms with van der Waals surface area (Å²) in [5, 5.41) is 19.1. The Balaban J connectivity index is 1.86. The molecular formula is C11H10FN3O3S. The van der Waals surface area contributed by atoms with Crippen molar-refractivity contribution >= 4 is 23.4 Å². The molecule has 19 heavy (non-hydrogen) atoms. The highest BCUT2D eigenvalue weighted by molar-refractivity contribution is 7.99. The van der Waals surface area contributed by atoms with E-state index in [0.29, 0.717) is 5.89 Å². The molecule has 0 aliphatic rings. The molecule has 0 bridgehead atoms. The van der Waals surface area contributed by atoms with Crippen molar-refractivity contribution in [3.8, 4) is 0 Å². The van der Waals surface area contributed by atoms with Gasteiger partial charge in [0.05, 0.1) is 6.54 Å². The zero-order valence-electron chi connectivity index (χ0n) is 9.67. The number of aromatic nitrogens is 2. The van der Waals surface area contributed by atoms with Crippen molar-refractivity contribution in [2.45, 2.75) is 11.8 Å². The summed E-state index contributed by atoms with van der Waals surface area (Å²) in [4.78, 5) is 10.4. The molecular weight excluding hydrogens is 273 g/mol. The number of carboxylic acids is 1. The molecule has 1 aromatic carbocycles. The van der Waals surface area contributed by atoms with Crippen molar-refractivity contribution in [2.75, 3.05) is 11.1 Å². The minimum atomic E-state index is -0.950. The van der Waals surface area contributed by atoms with E-state index >= 15 is 0 Å². The van der Waals surface area contributed by atoms with Gasteiger partial charge in [-0.1, -0.05) is 11.8 Å². The van der Waals surface area contributed by atoms with E-state index in [0.717, 1.165) is 17.4 Å². The largest absolute Gasteiger partial charge is 0.481 e. The summed E-state index contributed by atoms with van der Waals surface area (Å²) in [6.07, 6.45) is 0. The van der Waals surface area contributed by atoms with E-state index in [-0.39, 0.29) is 23.3 Å². The summed E-state index contributed by atoms with van der Waals surface area (Å²) < 4.78 is 17.9. The Kier molecular flexibility index (Phi) is 4.35. The predicted octanol–water partition coefficient (Wildman–Crippen LogP) is 2.00. The maximum Gasteiger partial charge on any atom is 0.314 e. The van der Waals surface area contributed by atoms with Crippen LogP contribution < -0.4 is 5.32 Å². The van der Waals surface area contributed by atoms with E-state index in [1.54, 1.807) is 12.1 Å². The van der Waals surface area contributed by atoms with Crippen LogP contribution in [0.25, 0.3) is 0 Å². The molecule has 2 N–H and O–H groups in total. The Morgan fingerprint density at radius 3 is 2.79 bits per heavy atom. The van der Waals surface area contributed by atoms with Crippen molar-refractivity contribution in [2.24, 2.45) is 0 Å². The number of hydrogen-bond acceptors (Lipinski definition) is 6. The van der Waals surface area contributed by atoms with Crippen LogP contribution >= 0.6 is 11.8 Å². The minimum Gasteiger partial charge on any atom is -0.481 e. The number of nitrogens with one attached hydrogen (secondary N) is 1. The molecule has 2 aromatic rings. The van der Waals surface area contributed by atoms with Gasteiger partial charge in [-0.25, -0.2) is 4.39 Å². The van der Waals surface area contributed by atoms with Gasteiger partial charge in [-0.2, -0.15) is 0 Å². The highest BCUT2D eigenvalue weighted by atomic mass is 32.2. The third-order valence-corrected chi connectivity index (χ3v) is 2.86. The van der Waals surface area contributed by atoms with Crippen LogP contribution in [-0.2, 0) is 11.3 Å². The zero-order chi connectivity index (χ0) is 13.7. The van der Waals surface area contributed by atoms with E-state index in [4.69, 9.17) is 9.52 Å². The van der Waals surface area contributed by atoms with Gasteiger partial charge in [-0.05, 0) is 24.3 Å². The molecule has 0 saturated heterocycles. The first-order valence-electron chi connectivity index (χ1n) is 5.30. The summed E-state index contributed by atoms with van der Waals surface area (Å²) in [6, 6.07) is 5.85. The van der Waals surface area contributed by atoms with Gasteiger partial charge in [-0.15, -0.1) is 10.2 Å². The lowest BCUT2D eigenvalue weighted by atomic mass is 10.3. The van der Waals surface area contributed by atoms with Crippen molar-refractivity contribution in [3.63, 3.8) is 0 Å². The molecule has 0 aliphatic heterocycles. The maximum atomic E-state index is 12.7. The number of aliphatic carboxylic acids is 1. The number of thioether (sulfide) groups is 1. The van der Waals surface area contributed by atoms with Crippen molar-refractivity contribution < 1.29 is 18.7 Å². The van der Waals surface area contributed by atoms with E-state index in [1.807, 2.05) is 0 Å². The molecule has 100 valence electrons. The van der Waals surface area contributed by atoms with Crippen LogP contribution in [0.5, 0.6) is 0 Å². The van der Waals surface area contributed by atoms with Gasteiger partial charge in [-0.3, -0.25) is 4.79 Å². The second-order valence-electron chi connectivity index (χ2n) is 3.50. The van der Waals surface area contributed by atoms with Gasteiger partial charge < -0.3 is 14.8 Å². The SMILES string of the molecule is O=C(O)CSc1nnc(CNc2ccc(F)cc2)o1. The van der Waals surface area contributed by atoms with Crippen LogP contribution in [0.15, 0.2) is 33.9 Å². The Hall–Kier alpha value is -2.09. The first kappa shape index (κ1) is 13.3. The number of carboxylic acid groups (broad SMARTS) is 1. The number of halogens is 1. The van der Waals surface area contributed by atoms with Crippen LogP contribution in [0, 0.1) is 5.82 Å². The molecule has 0 radical (unpaired) electrons. The molecule has 0 aliphatic carbocycles. The number of anilines is 1. The molecule has 2 rings (SSSR count). The fourth-order valence-corrected chi connectivity index (χ4v) is 1.74. The van der Waals surface area contributed by atoms with Crippen molar-refractivity contribution in [1.82, 2.24) is 10.2 Å². The van der Waals surface area contributed by atoms with Gasteiger partial charge in [0.1, 0.15) is 11.6 Å². The second kappa shape index (κ2) is 6.19. The first-order chi connectivity index (χ1) is 9.13. The summed E-state index contributed by atoms with van der Waals surface area (Å²) in [6.45, 7) is 0.284. The predicted molar refractivity (Wildman–Crippen MR) is 66.4 cm³/mol. The highest BCUT2D eigenvalue weighted by Gasteiger charge is 2.08. The second-order valence-corrected chi connectivity index (χ2v) is 4.43. The van der Waals surface area contributed by atoms with Gasteiger partial charge in [0.25, 0.3) is 5.22 Å². The van der Waals surface area contributed by atoms with Crippen molar-refractivity contribution in [1.29, 1.82) is 0 Å².